The largest absolute Gasteiger partial charge is 0.454 e. The van der Waals surface area contributed by atoms with Gasteiger partial charge < -0.3 is 14.6 Å². The van der Waals surface area contributed by atoms with Gasteiger partial charge in [0, 0.05) is 38.8 Å². The molecule has 5 aliphatic rings. The molecule has 1 aromatic heterocycles. The Kier molecular flexibility index (Phi) is 7.84. The molecule has 0 amide bonds. The van der Waals surface area contributed by atoms with Gasteiger partial charge in [-0.05, 0) is 144 Å². The van der Waals surface area contributed by atoms with E-state index >= 15 is 0 Å². The molecule has 2 aliphatic heterocycles. The summed E-state index contributed by atoms with van der Waals surface area (Å²) in [7, 11) is 0.751. The van der Waals surface area contributed by atoms with Crippen LogP contribution < -0.4 is 21.1 Å². The monoisotopic (exact) mass is 900 g/mol. The standard InChI is InChI=1S/C66H53BN2O/c1-63(2)32-33-64(3,4)54-34-38(30-31-50(54)63)68-56-37-43-41-20-7-11-22-47(41)65(5,6)53(43)36-44(56)45-35-46-42-21-10-16-29-58(42)70-62(46)61-59(45)67-55-27-17-26-52-60(55)69(61)57-28-15-14-25-51(57)66(52)48-23-12-8-18-39(48)40-19-9-13-24-49(40)66/h7-31,34-37,67-68H,32-33H2,1-6H3. The van der Waals surface area contributed by atoms with E-state index in [0.717, 1.165) is 46.3 Å². The summed E-state index contributed by atoms with van der Waals surface area (Å²) in [5, 5.41) is 6.41. The first-order valence-corrected chi connectivity index (χ1v) is 25.3. The molecule has 336 valence electrons. The van der Waals surface area contributed by atoms with Crippen molar-refractivity contribution in [3.05, 3.63) is 220 Å². The second kappa shape index (κ2) is 13.6. The minimum Gasteiger partial charge on any atom is -0.454 e. The molecule has 4 heteroatoms. The van der Waals surface area contributed by atoms with Crippen LogP contribution >= 0.6 is 0 Å². The van der Waals surface area contributed by atoms with Crippen molar-refractivity contribution in [1.82, 2.24) is 0 Å². The quantitative estimate of drug-likeness (QED) is 0.179. The zero-order valence-electron chi connectivity index (χ0n) is 40.7. The van der Waals surface area contributed by atoms with Gasteiger partial charge in [0.15, 0.2) is 12.9 Å². The summed E-state index contributed by atoms with van der Waals surface area (Å²) in [6.07, 6.45) is 2.36. The lowest BCUT2D eigenvalue weighted by Gasteiger charge is -2.48. The van der Waals surface area contributed by atoms with Gasteiger partial charge in [-0.15, -0.1) is 0 Å². The molecule has 0 saturated carbocycles. The highest BCUT2D eigenvalue weighted by molar-refractivity contribution is 6.74. The molecule has 1 N–H and O–H groups in total. The van der Waals surface area contributed by atoms with E-state index in [1.807, 2.05) is 0 Å². The van der Waals surface area contributed by atoms with Gasteiger partial charge in [-0.3, -0.25) is 0 Å². The first-order chi connectivity index (χ1) is 33.9. The summed E-state index contributed by atoms with van der Waals surface area (Å²) in [5.41, 5.74) is 28.4. The number of nitrogens with one attached hydrogen (secondary N) is 1. The van der Waals surface area contributed by atoms with Crippen molar-refractivity contribution >= 4 is 68.6 Å². The SMILES string of the molecule is CC1(C)CCC(C)(C)c2cc(Nc3cc4c(cc3-c3cc5c(oc6ccccc65)c5c3Bc3cccc6c3N5c3ccccc3C63c5ccccc5-c5ccccc53)C(C)(C)c3ccccc3-4)ccc21. The molecule has 3 aliphatic carbocycles. The number of hydrogen-bond acceptors (Lipinski definition) is 3. The molecule has 3 nitrogen and oxygen atoms in total. The van der Waals surface area contributed by atoms with Crippen LogP contribution in [-0.4, -0.2) is 7.28 Å². The molecule has 9 aromatic carbocycles. The molecule has 0 saturated heterocycles. The fourth-order valence-corrected chi connectivity index (χ4v) is 14.2. The van der Waals surface area contributed by atoms with E-state index in [9.17, 15) is 0 Å². The van der Waals surface area contributed by atoms with E-state index in [0.29, 0.717) is 0 Å². The van der Waals surface area contributed by atoms with Crippen LogP contribution in [0.15, 0.2) is 180 Å². The molecule has 0 atom stereocenters. The lowest BCUT2D eigenvalue weighted by molar-refractivity contribution is 0.332. The second-order valence-electron chi connectivity index (χ2n) is 22.7. The predicted molar refractivity (Wildman–Crippen MR) is 294 cm³/mol. The van der Waals surface area contributed by atoms with E-state index in [1.54, 1.807) is 0 Å². The summed E-state index contributed by atoms with van der Waals surface area (Å²) in [6, 6.07) is 66.9. The third kappa shape index (κ3) is 5.06. The maximum Gasteiger partial charge on any atom is 0.198 e. The fraction of sp³-hybridized carbons (Fsp3) is 0.182. The number of rotatable bonds is 3. The first-order valence-electron chi connectivity index (χ1n) is 25.3. The molecule has 0 unspecified atom stereocenters. The van der Waals surface area contributed by atoms with E-state index < -0.39 is 5.41 Å². The van der Waals surface area contributed by atoms with Crippen LogP contribution in [0.3, 0.4) is 0 Å². The van der Waals surface area contributed by atoms with Crippen molar-refractivity contribution < 1.29 is 4.42 Å². The Bertz CT molecular complexity index is 3910. The Morgan fingerprint density at radius 2 is 1.09 bits per heavy atom. The summed E-state index contributed by atoms with van der Waals surface area (Å²) in [4.78, 5) is 2.61. The van der Waals surface area contributed by atoms with Gasteiger partial charge in [0.05, 0.1) is 16.8 Å². The van der Waals surface area contributed by atoms with Crippen molar-refractivity contribution in [2.24, 2.45) is 0 Å². The van der Waals surface area contributed by atoms with Gasteiger partial charge in [-0.1, -0.05) is 180 Å². The minimum atomic E-state index is -0.496. The van der Waals surface area contributed by atoms with Crippen molar-refractivity contribution in [2.45, 2.75) is 76.0 Å². The van der Waals surface area contributed by atoms with Crippen molar-refractivity contribution in [3.63, 3.8) is 0 Å². The Morgan fingerprint density at radius 3 is 1.84 bits per heavy atom. The molecule has 70 heavy (non-hydrogen) atoms. The van der Waals surface area contributed by atoms with Gasteiger partial charge in [0.2, 0.25) is 0 Å². The number of anilines is 5. The van der Waals surface area contributed by atoms with Crippen molar-refractivity contribution in [2.75, 3.05) is 10.2 Å². The number of furan rings is 1. The average molecular weight is 901 g/mol. The van der Waals surface area contributed by atoms with Crippen LogP contribution in [0.1, 0.15) is 98.9 Å². The van der Waals surface area contributed by atoms with Crippen LogP contribution in [0.2, 0.25) is 0 Å². The third-order valence-electron chi connectivity index (χ3n) is 17.7. The highest BCUT2D eigenvalue weighted by atomic mass is 16.3. The van der Waals surface area contributed by atoms with Crippen molar-refractivity contribution in [3.8, 4) is 33.4 Å². The average Bonchev–Trinajstić information content (AvgIpc) is 3.98. The molecule has 0 bridgehead atoms. The van der Waals surface area contributed by atoms with E-state index in [-0.39, 0.29) is 16.2 Å². The molecular formula is C66H53BN2O. The van der Waals surface area contributed by atoms with Crippen molar-refractivity contribution in [1.29, 1.82) is 0 Å². The van der Waals surface area contributed by atoms with Crippen LogP contribution in [0.4, 0.5) is 28.4 Å². The highest BCUT2D eigenvalue weighted by Crippen LogP contribution is 2.64. The predicted octanol–water partition coefficient (Wildman–Crippen LogP) is 15.5. The number of benzene rings is 9. The summed E-state index contributed by atoms with van der Waals surface area (Å²) in [5.74, 6) is 0. The summed E-state index contributed by atoms with van der Waals surface area (Å²) < 4.78 is 7.20. The Morgan fingerprint density at radius 1 is 0.457 bits per heavy atom. The van der Waals surface area contributed by atoms with Crippen LogP contribution in [0.5, 0.6) is 0 Å². The van der Waals surface area contributed by atoms with Crippen LogP contribution in [-0.2, 0) is 21.7 Å². The molecule has 3 heterocycles. The molecule has 0 fully saturated rings. The molecule has 10 aromatic rings. The Balaban J connectivity index is 1.03. The second-order valence-corrected chi connectivity index (χ2v) is 22.7. The van der Waals surface area contributed by atoms with Crippen LogP contribution in [0.25, 0.3) is 55.3 Å². The third-order valence-corrected chi connectivity index (χ3v) is 17.7. The molecule has 1 spiro atoms. The number of fused-ring (bicyclic) bond motifs is 19. The molecular weight excluding hydrogens is 848 g/mol. The number of hydrogen-bond donors (Lipinski definition) is 1. The lowest BCUT2D eigenvalue weighted by atomic mass is 9.54. The number of para-hydroxylation sites is 3. The van der Waals surface area contributed by atoms with E-state index in [2.05, 4.69) is 228 Å². The first kappa shape index (κ1) is 40.3. The minimum absolute atomic E-state index is 0.0803. The summed E-state index contributed by atoms with van der Waals surface area (Å²) in [6.45, 7) is 14.5. The number of nitrogens with zero attached hydrogens (tertiary/aromatic N) is 1. The van der Waals surface area contributed by atoms with Gasteiger partial charge in [-0.25, -0.2) is 0 Å². The zero-order chi connectivity index (χ0) is 47.1. The van der Waals surface area contributed by atoms with Gasteiger partial charge in [0.1, 0.15) is 5.58 Å². The normalized spacial score (nSPS) is 17.1. The van der Waals surface area contributed by atoms with Gasteiger partial charge >= 0.3 is 0 Å². The van der Waals surface area contributed by atoms with Gasteiger partial charge in [-0.2, -0.15) is 0 Å². The Labute approximate surface area is 411 Å². The van der Waals surface area contributed by atoms with E-state index in [1.165, 1.54) is 113 Å². The maximum absolute atomic E-state index is 7.20. The smallest absolute Gasteiger partial charge is 0.198 e. The lowest BCUT2D eigenvalue weighted by Crippen LogP contribution is -2.47. The summed E-state index contributed by atoms with van der Waals surface area (Å²) >= 11 is 0. The highest BCUT2D eigenvalue weighted by Gasteiger charge is 2.53. The maximum atomic E-state index is 7.20. The molecule has 15 rings (SSSR count). The van der Waals surface area contributed by atoms with E-state index in [4.69, 9.17) is 4.42 Å². The topological polar surface area (TPSA) is 28.4 Å². The fourth-order valence-electron chi connectivity index (χ4n) is 14.2. The van der Waals surface area contributed by atoms with Gasteiger partial charge in [0.25, 0.3) is 0 Å². The Hall–Kier alpha value is -7.56. The molecule has 0 radical (unpaired) electrons. The zero-order valence-corrected chi connectivity index (χ0v) is 40.7. The van der Waals surface area contributed by atoms with Crippen LogP contribution in [0, 0.1) is 0 Å².